The molecule has 1 fully saturated rings. The van der Waals surface area contributed by atoms with Crippen LogP contribution in [0.15, 0.2) is 6.33 Å². The van der Waals surface area contributed by atoms with Crippen LogP contribution >= 0.6 is 0 Å². The van der Waals surface area contributed by atoms with Crippen molar-refractivity contribution in [2.45, 2.75) is 44.8 Å². The minimum Gasteiger partial charge on any atom is -0.352 e. The topological polar surface area (TPSA) is 69.8 Å². The van der Waals surface area contributed by atoms with E-state index in [-0.39, 0.29) is 11.9 Å². The number of imidazole rings is 1. The van der Waals surface area contributed by atoms with Gasteiger partial charge in [-0.25, -0.2) is 4.98 Å². The molecule has 5 heteroatoms. The molecule has 0 spiro atoms. The molecule has 1 aromatic rings. The molecule has 1 aromatic heterocycles. The summed E-state index contributed by atoms with van der Waals surface area (Å²) in [5.74, 6) is 0.822. The average molecular weight is 234 g/mol. The van der Waals surface area contributed by atoms with Crippen LogP contribution in [0.5, 0.6) is 0 Å². The van der Waals surface area contributed by atoms with Crippen LogP contribution in [-0.2, 0) is 17.8 Å². The molecule has 3 N–H and O–H groups in total. The minimum absolute atomic E-state index is 0.121. The lowest BCUT2D eigenvalue weighted by Gasteiger charge is -2.22. The van der Waals surface area contributed by atoms with Gasteiger partial charge in [0.25, 0.3) is 0 Å². The molecule has 3 rings (SSSR count). The standard InChI is InChI=1S/C12H18N4O/c1-2-7-3-8(7)16-12(17)10-4-9-11(5-13-10)15-6-14-9/h6-8,10,13H,2-5H2,1H3,(H,14,15)(H,16,17). The van der Waals surface area contributed by atoms with Gasteiger partial charge in [0, 0.05) is 19.0 Å². The Bertz CT molecular complexity index is 428. The summed E-state index contributed by atoms with van der Waals surface area (Å²) in [6.07, 6.45) is 4.68. The Morgan fingerprint density at radius 2 is 2.53 bits per heavy atom. The van der Waals surface area contributed by atoms with Crippen molar-refractivity contribution in [3.63, 3.8) is 0 Å². The molecule has 5 nitrogen and oxygen atoms in total. The van der Waals surface area contributed by atoms with E-state index >= 15 is 0 Å². The molecule has 0 bridgehead atoms. The quantitative estimate of drug-likeness (QED) is 0.706. The van der Waals surface area contributed by atoms with Gasteiger partial charge in [0.05, 0.1) is 23.8 Å². The van der Waals surface area contributed by atoms with E-state index in [4.69, 9.17) is 0 Å². The van der Waals surface area contributed by atoms with Gasteiger partial charge in [0.2, 0.25) is 5.91 Å². The molecule has 1 aliphatic heterocycles. The van der Waals surface area contributed by atoms with E-state index in [2.05, 4.69) is 27.5 Å². The molecule has 17 heavy (non-hydrogen) atoms. The molecule has 0 aromatic carbocycles. The molecule has 2 aliphatic rings. The highest BCUT2D eigenvalue weighted by Gasteiger charge is 2.38. The minimum atomic E-state index is -0.121. The number of fused-ring (bicyclic) bond motifs is 1. The molecular formula is C12H18N4O. The van der Waals surface area contributed by atoms with Gasteiger partial charge in [-0.1, -0.05) is 13.3 Å². The fourth-order valence-corrected chi connectivity index (χ4v) is 2.51. The SMILES string of the molecule is CCC1CC1NC(=O)C1Cc2nc[nH]c2CN1. The lowest BCUT2D eigenvalue weighted by Crippen LogP contribution is -2.48. The summed E-state index contributed by atoms with van der Waals surface area (Å²) in [5, 5.41) is 6.35. The summed E-state index contributed by atoms with van der Waals surface area (Å²) in [6.45, 7) is 2.88. The van der Waals surface area contributed by atoms with E-state index < -0.39 is 0 Å². The predicted octanol–water partition coefficient (Wildman–Crippen LogP) is 0.339. The van der Waals surface area contributed by atoms with Gasteiger partial charge >= 0.3 is 0 Å². The van der Waals surface area contributed by atoms with E-state index in [1.54, 1.807) is 6.33 Å². The zero-order valence-corrected chi connectivity index (χ0v) is 9.99. The van der Waals surface area contributed by atoms with E-state index in [0.717, 1.165) is 24.2 Å². The Kier molecular flexibility index (Phi) is 2.63. The van der Waals surface area contributed by atoms with Crippen molar-refractivity contribution in [3.05, 3.63) is 17.7 Å². The number of hydrogen-bond acceptors (Lipinski definition) is 3. The van der Waals surface area contributed by atoms with Crippen molar-refractivity contribution in [1.29, 1.82) is 0 Å². The van der Waals surface area contributed by atoms with Crippen molar-refractivity contribution in [1.82, 2.24) is 20.6 Å². The van der Waals surface area contributed by atoms with E-state index in [9.17, 15) is 4.79 Å². The van der Waals surface area contributed by atoms with Gasteiger partial charge in [-0.05, 0) is 12.3 Å². The molecule has 92 valence electrons. The lowest BCUT2D eigenvalue weighted by atomic mass is 10.0. The summed E-state index contributed by atoms with van der Waals surface area (Å²) in [7, 11) is 0. The zero-order valence-electron chi connectivity index (χ0n) is 9.99. The van der Waals surface area contributed by atoms with Crippen molar-refractivity contribution in [3.8, 4) is 0 Å². The second-order valence-electron chi connectivity index (χ2n) is 4.98. The van der Waals surface area contributed by atoms with Crippen LogP contribution in [-0.4, -0.2) is 28.0 Å². The number of nitrogens with one attached hydrogen (secondary N) is 3. The van der Waals surface area contributed by atoms with Crippen molar-refractivity contribution >= 4 is 5.91 Å². The number of hydrogen-bond donors (Lipinski definition) is 3. The van der Waals surface area contributed by atoms with Crippen LogP contribution in [0.1, 0.15) is 31.2 Å². The van der Waals surface area contributed by atoms with Gasteiger partial charge < -0.3 is 10.3 Å². The number of H-pyrrole nitrogens is 1. The lowest BCUT2D eigenvalue weighted by molar-refractivity contribution is -0.123. The van der Waals surface area contributed by atoms with Crippen LogP contribution in [0.4, 0.5) is 0 Å². The second-order valence-corrected chi connectivity index (χ2v) is 4.98. The number of carbonyl (C=O) groups is 1. The first-order valence-electron chi connectivity index (χ1n) is 6.32. The zero-order chi connectivity index (χ0) is 11.8. The number of aromatic nitrogens is 2. The molecule has 1 amide bonds. The first-order valence-corrected chi connectivity index (χ1v) is 6.32. The maximum Gasteiger partial charge on any atom is 0.237 e. The van der Waals surface area contributed by atoms with Crippen LogP contribution in [0.3, 0.4) is 0 Å². The Morgan fingerprint density at radius 1 is 1.65 bits per heavy atom. The number of carbonyl (C=O) groups excluding carboxylic acids is 1. The molecule has 0 saturated heterocycles. The van der Waals surface area contributed by atoms with E-state index in [0.29, 0.717) is 24.9 Å². The van der Waals surface area contributed by atoms with Crippen molar-refractivity contribution in [2.75, 3.05) is 0 Å². The van der Waals surface area contributed by atoms with Crippen LogP contribution in [0.2, 0.25) is 0 Å². The first kappa shape index (κ1) is 10.8. The summed E-state index contributed by atoms with van der Waals surface area (Å²) in [5.41, 5.74) is 2.12. The van der Waals surface area contributed by atoms with Crippen molar-refractivity contribution in [2.24, 2.45) is 5.92 Å². The summed E-state index contributed by atoms with van der Waals surface area (Å²) in [6, 6.07) is 0.291. The highest BCUT2D eigenvalue weighted by atomic mass is 16.2. The number of rotatable bonds is 3. The smallest absolute Gasteiger partial charge is 0.237 e. The second kappa shape index (κ2) is 4.14. The van der Waals surface area contributed by atoms with Crippen LogP contribution < -0.4 is 10.6 Å². The molecule has 1 aliphatic carbocycles. The predicted molar refractivity (Wildman–Crippen MR) is 63.2 cm³/mol. The molecule has 0 radical (unpaired) electrons. The van der Waals surface area contributed by atoms with Gasteiger partial charge in [0.1, 0.15) is 0 Å². The molecule has 2 heterocycles. The fraction of sp³-hybridized carbons (Fsp3) is 0.667. The summed E-state index contributed by atoms with van der Waals surface area (Å²) < 4.78 is 0. The summed E-state index contributed by atoms with van der Waals surface area (Å²) in [4.78, 5) is 19.4. The Balaban J connectivity index is 1.57. The third-order valence-electron chi connectivity index (χ3n) is 3.82. The summed E-state index contributed by atoms with van der Waals surface area (Å²) >= 11 is 0. The largest absolute Gasteiger partial charge is 0.352 e. The normalized spacial score (nSPS) is 30.8. The number of aromatic amines is 1. The fourth-order valence-electron chi connectivity index (χ4n) is 2.51. The van der Waals surface area contributed by atoms with Crippen LogP contribution in [0, 0.1) is 5.92 Å². The highest BCUT2D eigenvalue weighted by molar-refractivity contribution is 5.82. The third-order valence-corrected chi connectivity index (χ3v) is 3.82. The Labute approximate surface area is 100 Å². The average Bonchev–Trinajstić information content (AvgIpc) is 2.92. The maximum atomic E-state index is 12.0. The van der Waals surface area contributed by atoms with Crippen molar-refractivity contribution < 1.29 is 4.79 Å². The van der Waals surface area contributed by atoms with Gasteiger partial charge in [-0.2, -0.15) is 0 Å². The maximum absolute atomic E-state index is 12.0. The van der Waals surface area contributed by atoms with Gasteiger partial charge in [-0.15, -0.1) is 0 Å². The monoisotopic (exact) mass is 234 g/mol. The molecular weight excluding hydrogens is 216 g/mol. The number of amides is 1. The van der Waals surface area contributed by atoms with Crippen LogP contribution in [0.25, 0.3) is 0 Å². The Morgan fingerprint density at radius 3 is 3.29 bits per heavy atom. The van der Waals surface area contributed by atoms with E-state index in [1.807, 2.05) is 0 Å². The number of nitrogens with zero attached hydrogens (tertiary/aromatic N) is 1. The third kappa shape index (κ3) is 2.07. The van der Waals surface area contributed by atoms with Gasteiger partial charge in [0.15, 0.2) is 0 Å². The van der Waals surface area contributed by atoms with E-state index in [1.165, 1.54) is 0 Å². The van der Waals surface area contributed by atoms with Gasteiger partial charge in [-0.3, -0.25) is 10.1 Å². The highest BCUT2D eigenvalue weighted by Crippen LogP contribution is 2.33. The Hall–Kier alpha value is -1.36. The molecule has 3 unspecified atom stereocenters. The molecule has 3 atom stereocenters. The molecule has 1 saturated carbocycles. The first-order chi connectivity index (χ1) is 8.28.